The maximum Gasteiger partial charge on any atom is 0.113 e. The largest absolute Gasteiger partial charge is 0.400 e. The zero-order valence-electron chi connectivity index (χ0n) is 8.39. The van der Waals surface area contributed by atoms with Gasteiger partial charge in [0.2, 0.25) is 0 Å². The summed E-state index contributed by atoms with van der Waals surface area (Å²) in [4.78, 5) is 0. The average Bonchev–Trinajstić information content (AvgIpc) is 2.10. The third-order valence-corrected chi connectivity index (χ3v) is 2.68. The Morgan fingerprint density at radius 2 is 1.54 bits per heavy atom. The van der Waals surface area contributed by atoms with Gasteiger partial charge in [-0.1, -0.05) is 19.3 Å². The monoisotopic (exact) mass is 181 g/mol. The summed E-state index contributed by atoms with van der Waals surface area (Å²) in [5.41, 5.74) is -0.911. The molecule has 0 bridgehead atoms. The van der Waals surface area contributed by atoms with E-state index in [1.165, 1.54) is 19.3 Å². The molecule has 0 aromatic heterocycles. The highest BCUT2D eigenvalue weighted by Gasteiger charge is 2.18. The molecule has 2 N–H and O–H groups in total. The molecular formula is C10H20BNO. The molecule has 1 aliphatic heterocycles. The van der Waals surface area contributed by atoms with Gasteiger partial charge in [-0.2, -0.15) is 0 Å². The van der Waals surface area contributed by atoms with Crippen LogP contribution in [0, 0.1) is 0 Å². The number of aliphatic hydroxyl groups is 1. The molecule has 1 atom stereocenters. The van der Waals surface area contributed by atoms with Crippen LogP contribution in [-0.2, 0) is 0 Å². The van der Waals surface area contributed by atoms with E-state index in [1.54, 1.807) is 0 Å². The van der Waals surface area contributed by atoms with Crippen LogP contribution in [0.5, 0.6) is 0 Å². The normalized spacial score (nSPS) is 33.6. The highest BCUT2D eigenvalue weighted by atomic mass is 16.3. The van der Waals surface area contributed by atoms with Gasteiger partial charge >= 0.3 is 0 Å². The summed E-state index contributed by atoms with van der Waals surface area (Å²) in [5, 5.41) is 13.1. The van der Waals surface area contributed by atoms with Crippen molar-refractivity contribution < 1.29 is 5.11 Å². The SMILES string of the molecule is [B]C1(O)CCCCCCNCCC1. The molecule has 1 saturated heterocycles. The Labute approximate surface area is 82.5 Å². The summed E-state index contributed by atoms with van der Waals surface area (Å²) in [7, 11) is 5.75. The van der Waals surface area contributed by atoms with Crippen LogP contribution in [0.15, 0.2) is 0 Å². The fourth-order valence-corrected chi connectivity index (χ4v) is 1.80. The van der Waals surface area contributed by atoms with Crippen molar-refractivity contribution in [3.63, 3.8) is 0 Å². The number of rotatable bonds is 0. The zero-order chi connectivity index (χ0) is 9.57. The van der Waals surface area contributed by atoms with Crippen LogP contribution in [0.4, 0.5) is 0 Å². The average molecular weight is 181 g/mol. The summed E-state index contributed by atoms with van der Waals surface area (Å²) < 4.78 is 0. The van der Waals surface area contributed by atoms with E-state index in [1.807, 2.05) is 0 Å². The molecular weight excluding hydrogens is 161 g/mol. The summed E-state index contributed by atoms with van der Waals surface area (Å²) >= 11 is 0. The minimum atomic E-state index is -0.911. The van der Waals surface area contributed by atoms with Crippen molar-refractivity contribution in [2.75, 3.05) is 13.1 Å². The van der Waals surface area contributed by atoms with Crippen LogP contribution < -0.4 is 5.32 Å². The predicted molar refractivity (Wildman–Crippen MR) is 55.9 cm³/mol. The van der Waals surface area contributed by atoms with Crippen LogP contribution in [-0.4, -0.2) is 31.5 Å². The van der Waals surface area contributed by atoms with E-state index in [4.69, 9.17) is 7.85 Å². The lowest BCUT2D eigenvalue weighted by molar-refractivity contribution is 0.103. The maximum atomic E-state index is 9.74. The van der Waals surface area contributed by atoms with Crippen LogP contribution in [0.25, 0.3) is 0 Å². The summed E-state index contributed by atoms with van der Waals surface area (Å²) in [6.45, 7) is 2.10. The van der Waals surface area contributed by atoms with Crippen LogP contribution in [0.3, 0.4) is 0 Å². The van der Waals surface area contributed by atoms with E-state index >= 15 is 0 Å². The third-order valence-electron chi connectivity index (χ3n) is 2.68. The molecule has 74 valence electrons. The molecule has 3 heteroatoms. The standard InChI is InChI=1S/C10H20BNO/c11-10(13)6-3-1-2-4-8-12-9-5-7-10/h12-13H,1-9H2. The molecule has 1 aliphatic rings. The molecule has 2 radical (unpaired) electrons. The molecule has 1 rings (SSSR count). The minimum Gasteiger partial charge on any atom is -0.400 e. The van der Waals surface area contributed by atoms with Crippen molar-refractivity contribution in [1.82, 2.24) is 5.32 Å². The fourth-order valence-electron chi connectivity index (χ4n) is 1.80. The van der Waals surface area contributed by atoms with Crippen molar-refractivity contribution in [2.45, 2.75) is 50.4 Å². The van der Waals surface area contributed by atoms with Gasteiger partial charge in [-0.3, -0.25) is 0 Å². The Morgan fingerprint density at radius 3 is 2.38 bits per heavy atom. The third kappa shape index (κ3) is 5.32. The molecule has 0 aromatic rings. The first-order valence-electron chi connectivity index (χ1n) is 5.43. The van der Waals surface area contributed by atoms with E-state index in [0.717, 1.165) is 38.8 Å². The van der Waals surface area contributed by atoms with Crippen molar-refractivity contribution in [1.29, 1.82) is 0 Å². The van der Waals surface area contributed by atoms with Crippen molar-refractivity contribution >= 4 is 7.85 Å². The molecule has 2 nitrogen and oxygen atoms in total. The maximum absolute atomic E-state index is 9.74. The molecule has 1 heterocycles. The summed E-state index contributed by atoms with van der Waals surface area (Å²) in [6.07, 6.45) is 7.22. The topological polar surface area (TPSA) is 32.3 Å². The fraction of sp³-hybridized carbons (Fsp3) is 1.00. The molecule has 13 heavy (non-hydrogen) atoms. The van der Waals surface area contributed by atoms with E-state index < -0.39 is 5.50 Å². The lowest BCUT2D eigenvalue weighted by Crippen LogP contribution is -2.30. The highest BCUT2D eigenvalue weighted by Crippen LogP contribution is 2.18. The molecule has 0 saturated carbocycles. The molecule has 1 fully saturated rings. The van der Waals surface area contributed by atoms with Gasteiger partial charge in [0.05, 0.1) is 0 Å². The van der Waals surface area contributed by atoms with Gasteiger partial charge in [0, 0.05) is 5.50 Å². The van der Waals surface area contributed by atoms with Gasteiger partial charge in [0.15, 0.2) is 0 Å². The second-order valence-electron chi connectivity index (χ2n) is 4.12. The predicted octanol–water partition coefficient (Wildman–Crippen LogP) is 1.18. The number of hydrogen-bond acceptors (Lipinski definition) is 2. The Kier molecular flexibility index (Phi) is 4.82. The minimum absolute atomic E-state index is 0.722. The van der Waals surface area contributed by atoms with E-state index in [9.17, 15) is 5.11 Å². The van der Waals surface area contributed by atoms with E-state index in [-0.39, 0.29) is 0 Å². The van der Waals surface area contributed by atoms with Gasteiger partial charge in [0.1, 0.15) is 7.85 Å². The first-order chi connectivity index (χ1) is 6.21. The first-order valence-corrected chi connectivity index (χ1v) is 5.43. The van der Waals surface area contributed by atoms with Gasteiger partial charge in [-0.05, 0) is 38.8 Å². The smallest absolute Gasteiger partial charge is 0.113 e. The van der Waals surface area contributed by atoms with Gasteiger partial charge in [-0.25, -0.2) is 0 Å². The van der Waals surface area contributed by atoms with Crippen LogP contribution >= 0.6 is 0 Å². The highest BCUT2D eigenvalue weighted by molar-refractivity contribution is 6.14. The Bertz CT molecular complexity index is 125. The molecule has 0 amide bonds. The number of hydrogen-bond donors (Lipinski definition) is 2. The summed E-state index contributed by atoms with van der Waals surface area (Å²) in [5.74, 6) is 0. The Balaban J connectivity index is 2.27. The zero-order valence-corrected chi connectivity index (χ0v) is 8.39. The van der Waals surface area contributed by atoms with Crippen LogP contribution in [0.2, 0.25) is 0 Å². The lowest BCUT2D eigenvalue weighted by atomic mass is 9.74. The lowest BCUT2D eigenvalue weighted by Gasteiger charge is -2.23. The van der Waals surface area contributed by atoms with Gasteiger partial charge < -0.3 is 10.4 Å². The second kappa shape index (κ2) is 5.66. The van der Waals surface area contributed by atoms with Crippen LogP contribution in [0.1, 0.15) is 44.9 Å². The van der Waals surface area contributed by atoms with E-state index in [2.05, 4.69) is 5.32 Å². The quantitative estimate of drug-likeness (QED) is 0.550. The van der Waals surface area contributed by atoms with Crippen molar-refractivity contribution in [3.05, 3.63) is 0 Å². The van der Waals surface area contributed by atoms with Crippen molar-refractivity contribution in [2.24, 2.45) is 0 Å². The molecule has 1 unspecified atom stereocenters. The molecule has 0 spiro atoms. The van der Waals surface area contributed by atoms with Gasteiger partial charge in [-0.15, -0.1) is 0 Å². The second-order valence-corrected chi connectivity index (χ2v) is 4.12. The van der Waals surface area contributed by atoms with Crippen molar-refractivity contribution in [3.8, 4) is 0 Å². The Morgan fingerprint density at radius 1 is 0.923 bits per heavy atom. The first kappa shape index (κ1) is 11.1. The Hall–Kier alpha value is -0.0151. The number of nitrogens with one attached hydrogen (secondary N) is 1. The van der Waals surface area contributed by atoms with E-state index in [0.29, 0.717) is 0 Å². The molecule has 0 aromatic carbocycles. The summed E-state index contributed by atoms with van der Waals surface area (Å²) in [6, 6.07) is 0. The van der Waals surface area contributed by atoms with Gasteiger partial charge in [0.25, 0.3) is 0 Å². The molecule has 0 aliphatic carbocycles.